The average Bonchev–Trinajstić information content (AvgIpc) is 2.61. The van der Waals surface area contributed by atoms with Crippen molar-refractivity contribution in [3.05, 3.63) is 17.5 Å². The van der Waals surface area contributed by atoms with Crippen molar-refractivity contribution in [3.8, 4) is 0 Å². The fourth-order valence-corrected chi connectivity index (χ4v) is 2.30. The number of hydrogen-bond donors (Lipinski definition) is 1. The molecule has 106 valence electrons. The fourth-order valence-electron chi connectivity index (χ4n) is 2.30. The van der Waals surface area contributed by atoms with Crippen LogP contribution in [0.2, 0.25) is 0 Å². The van der Waals surface area contributed by atoms with Gasteiger partial charge < -0.3 is 5.32 Å². The van der Waals surface area contributed by atoms with Crippen LogP contribution >= 0.6 is 0 Å². The Balaban J connectivity index is 1.82. The monoisotopic (exact) mass is 271 g/mol. The summed E-state index contributed by atoms with van der Waals surface area (Å²) in [6.07, 6.45) is 2.21. The number of aromatic nitrogens is 2. The normalized spacial score (nSPS) is 19.4. The second kappa shape index (κ2) is 5.27. The minimum atomic E-state index is -2.56. The van der Waals surface area contributed by atoms with Crippen molar-refractivity contribution in [3.63, 3.8) is 0 Å². The van der Waals surface area contributed by atoms with Gasteiger partial charge in [0, 0.05) is 25.1 Å². The summed E-state index contributed by atoms with van der Waals surface area (Å²) in [7, 11) is 0. The zero-order valence-corrected chi connectivity index (χ0v) is 11.2. The van der Waals surface area contributed by atoms with Gasteiger partial charge in [-0.3, -0.25) is 9.48 Å². The van der Waals surface area contributed by atoms with Crippen LogP contribution in [0.4, 0.5) is 8.78 Å². The van der Waals surface area contributed by atoms with Crippen LogP contribution in [-0.2, 0) is 11.3 Å². The number of carbonyl (C=O) groups excluding carboxylic acids is 1. The predicted molar refractivity (Wildman–Crippen MR) is 67.0 cm³/mol. The van der Waals surface area contributed by atoms with Crippen LogP contribution in [-0.4, -0.2) is 27.7 Å². The van der Waals surface area contributed by atoms with Gasteiger partial charge in [-0.25, -0.2) is 8.78 Å². The first-order chi connectivity index (χ1) is 8.85. The fraction of sp³-hybridized carbons (Fsp3) is 0.692. The molecule has 1 heterocycles. The van der Waals surface area contributed by atoms with E-state index in [0.717, 1.165) is 11.3 Å². The molecule has 6 heteroatoms. The number of rotatable bonds is 3. The molecule has 0 aliphatic heterocycles. The lowest BCUT2D eigenvalue weighted by Crippen LogP contribution is -2.41. The highest BCUT2D eigenvalue weighted by Crippen LogP contribution is 2.32. The molecule has 19 heavy (non-hydrogen) atoms. The highest BCUT2D eigenvalue weighted by Gasteiger charge is 2.35. The standard InChI is InChI=1S/C13H19F2N3O/c1-9-7-18(17-10(9)2)8-12(19)16-11-3-5-13(14,15)6-4-11/h7,11H,3-6,8H2,1-2H3,(H,16,19). The molecule has 1 aliphatic rings. The van der Waals surface area contributed by atoms with Gasteiger partial charge in [0.05, 0.1) is 5.69 Å². The summed E-state index contributed by atoms with van der Waals surface area (Å²) in [5.41, 5.74) is 1.93. The molecule has 0 radical (unpaired) electrons. The smallest absolute Gasteiger partial charge is 0.248 e. The highest BCUT2D eigenvalue weighted by atomic mass is 19.3. The third-order valence-electron chi connectivity index (χ3n) is 3.58. The minimum absolute atomic E-state index is 0.134. The minimum Gasteiger partial charge on any atom is -0.352 e. The van der Waals surface area contributed by atoms with Crippen LogP contribution in [0.5, 0.6) is 0 Å². The average molecular weight is 271 g/mol. The lowest BCUT2D eigenvalue weighted by molar-refractivity contribution is -0.123. The van der Waals surface area contributed by atoms with Crippen LogP contribution in [0.1, 0.15) is 36.9 Å². The zero-order chi connectivity index (χ0) is 14.0. The van der Waals surface area contributed by atoms with Gasteiger partial charge in [0.25, 0.3) is 0 Å². The van der Waals surface area contributed by atoms with Crippen molar-refractivity contribution in [2.45, 2.75) is 58.0 Å². The van der Waals surface area contributed by atoms with E-state index in [9.17, 15) is 13.6 Å². The highest BCUT2D eigenvalue weighted by molar-refractivity contribution is 5.76. The third kappa shape index (κ3) is 3.75. The first kappa shape index (κ1) is 14.0. The molecule has 0 aromatic carbocycles. The molecule has 0 atom stereocenters. The molecule has 2 rings (SSSR count). The summed E-state index contributed by atoms with van der Waals surface area (Å²) in [6.45, 7) is 3.95. The lowest BCUT2D eigenvalue weighted by atomic mass is 9.92. The summed E-state index contributed by atoms with van der Waals surface area (Å²) in [4.78, 5) is 11.8. The molecule has 1 aliphatic carbocycles. The Morgan fingerprint density at radius 1 is 1.47 bits per heavy atom. The van der Waals surface area contributed by atoms with Crippen molar-refractivity contribution in [1.29, 1.82) is 0 Å². The van der Waals surface area contributed by atoms with E-state index < -0.39 is 5.92 Å². The molecular weight excluding hydrogens is 252 g/mol. The van der Waals surface area contributed by atoms with Gasteiger partial charge in [0.15, 0.2) is 0 Å². The largest absolute Gasteiger partial charge is 0.352 e. The van der Waals surface area contributed by atoms with Crippen molar-refractivity contribution in [2.24, 2.45) is 0 Å². The number of amides is 1. The molecule has 0 unspecified atom stereocenters. The summed E-state index contributed by atoms with van der Waals surface area (Å²) in [5, 5.41) is 7.00. The summed E-state index contributed by atoms with van der Waals surface area (Å²) in [6, 6.07) is -0.134. The number of aryl methyl sites for hydroxylation is 2. The second-order valence-corrected chi connectivity index (χ2v) is 5.29. The van der Waals surface area contributed by atoms with E-state index in [1.54, 1.807) is 4.68 Å². The third-order valence-corrected chi connectivity index (χ3v) is 3.58. The maximum atomic E-state index is 13.0. The van der Waals surface area contributed by atoms with Crippen molar-refractivity contribution in [1.82, 2.24) is 15.1 Å². The molecular formula is C13H19F2N3O. The van der Waals surface area contributed by atoms with Crippen LogP contribution in [0, 0.1) is 13.8 Å². The van der Waals surface area contributed by atoms with E-state index >= 15 is 0 Å². The Labute approximate surface area is 111 Å². The molecule has 1 N–H and O–H groups in total. The Kier molecular flexibility index (Phi) is 3.87. The van der Waals surface area contributed by atoms with Gasteiger partial charge in [-0.15, -0.1) is 0 Å². The Hall–Kier alpha value is -1.46. The predicted octanol–water partition coefficient (Wildman–Crippen LogP) is 2.19. The molecule has 0 saturated heterocycles. The molecule has 1 fully saturated rings. The molecule has 1 aromatic rings. The number of alkyl halides is 2. The maximum Gasteiger partial charge on any atom is 0.248 e. The van der Waals surface area contributed by atoms with E-state index in [0.29, 0.717) is 12.8 Å². The Morgan fingerprint density at radius 2 is 2.11 bits per heavy atom. The van der Waals surface area contributed by atoms with Crippen molar-refractivity contribution >= 4 is 5.91 Å². The topological polar surface area (TPSA) is 46.9 Å². The van der Waals surface area contributed by atoms with Crippen LogP contribution in [0.25, 0.3) is 0 Å². The van der Waals surface area contributed by atoms with Gasteiger partial charge in [-0.1, -0.05) is 0 Å². The Bertz CT molecular complexity index is 441. The van der Waals surface area contributed by atoms with Crippen LogP contribution in [0.15, 0.2) is 6.20 Å². The van der Waals surface area contributed by atoms with Crippen molar-refractivity contribution in [2.75, 3.05) is 0 Å². The van der Waals surface area contributed by atoms with E-state index in [4.69, 9.17) is 0 Å². The maximum absolute atomic E-state index is 13.0. The molecule has 1 saturated carbocycles. The number of halogens is 2. The van der Waals surface area contributed by atoms with Gasteiger partial charge >= 0.3 is 0 Å². The van der Waals surface area contributed by atoms with Crippen LogP contribution in [0.3, 0.4) is 0 Å². The van der Waals surface area contributed by atoms with E-state index in [2.05, 4.69) is 10.4 Å². The van der Waals surface area contributed by atoms with E-state index in [1.807, 2.05) is 20.0 Å². The zero-order valence-electron chi connectivity index (χ0n) is 11.2. The summed E-state index contributed by atoms with van der Waals surface area (Å²) < 4.78 is 27.5. The number of nitrogens with one attached hydrogen (secondary N) is 1. The van der Waals surface area contributed by atoms with E-state index in [1.165, 1.54) is 0 Å². The molecule has 4 nitrogen and oxygen atoms in total. The lowest BCUT2D eigenvalue weighted by Gasteiger charge is -2.28. The number of carbonyl (C=O) groups is 1. The quantitative estimate of drug-likeness (QED) is 0.916. The molecule has 1 aromatic heterocycles. The second-order valence-electron chi connectivity index (χ2n) is 5.29. The number of nitrogens with zero attached hydrogens (tertiary/aromatic N) is 2. The SMILES string of the molecule is Cc1cn(CC(=O)NC2CCC(F)(F)CC2)nc1C. The number of hydrogen-bond acceptors (Lipinski definition) is 2. The summed E-state index contributed by atoms with van der Waals surface area (Å²) in [5.74, 6) is -2.73. The molecule has 0 spiro atoms. The van der Waals surface area contributed by atoms with E-state index in [-0.39, 0.29) is 31.3 Å². The van der Waals surface area contributed by atoms with Gasteiger partial charge in [-0.2, -0.15) is 5.10 Å². The van der Waals surface area contributed by atoms with Gasteiger partial charge in [-0.05, 0) is 32.3 Å². The Morgan fingerprint density at radius 3 is 2.63 bits per heavy atom. The summed E-state index contributed by atoms with van der Waals surface area (Å²) >= 11 is 0. The van der Waals surface area contributed by atoms with Crippen molar-refractivity contribution < 1.29 is 13.6 Å². The van der Waals surface area contributed by atoms with Gasteiger partial charge in [0.1, 0.15) is 6.54 Å². The van der Waals surface area contributed by atoms with Gasteiger partial charge in [0.2, 0.25) is 11.8 Å². The first-order valence-electron chi connectivity index (χ1n) is 6.53. The molecule has 0 bridgehead atoms. The molecule has 1 amide bonds. The van der Waals surface area contributed by atoms with Crippen LogP contribution < -0.4 is 5.32 Å². The first-order valence-corrected chi connectivity index (χ1v) is 6.53.